The van der Waals surface area contributed by atoms with E-state index in [0.717, 1.165) is 0 Å². The van der Waals surface area contributed by atoms with E-state index in [0.29, 0.717) is 0 Å². The number of benzene rings is 1. The van der Waals surface area contributed by atoms with Crippen molar-refractivity contribution in [1.29, 1.82) is 0 Å². The molecule has 0 nitrogen and oxygen atoms in total. The van der Waals surface area contributed by atoms with E-state index in [9.17, 15) is 0 Å². The Morgan fingerprint density at radius 3 is 2.18 bits per heavy atom. The van der Waals surface area contributed by atoms with E-state index in [1.54, 1.807) is 5.19 Å². The summed E-state index contributed by atoms with van der Waals surface area (Å²) in [7, 11) is -0.264. The SMILES string of the molecule is Cc1cccc([Si](C)C)c1C. The second-order valence-electron chi connectivity index (χ2n) is 3.25. The molecule has 1 radical (unpaired) electrons. The van der Waals surface area contributed by atoms with Crippen molar-refractivity contribution in [2.45, 2.75) is 26.9 Å². The Bertz CT molecular complexity index is 251. The molecule has 1 heteroatoms. The minimum atomic E-state index is -0.264. The van der Waals surface area contributed by atoms with Gasteiger partial charge in [-0.05, 0) is 25.0 Å². The van der Waals surface area contributed by atoms with Crippen molar-refractivity contribution in [3.8, 4) is 0 Å². The minimum absolute atomic E-state index is 0.264. The smallest absolute Gasteiger partial charge is 0.0671 e. The van der Waals surface area contributed by atoms with Crippen molar-refractivity contribution in [2.75, 3.05) is 0 Å². The van der Waals surface area contributed by atoms with Gasteiger partial charge in [0, 0.05) is 0 Å². The van der Waals surface area contributed by atoms with Crippen molar-refractivity contribution in [1.82, 2.24) is 0 Å². The fourth-order valence-corrected chi connectivity index (χ4v) is 2.67. The van der Waals surface area contributed by atoms with Crippen LogP contribution in [0, 0.1) is 13.8 Å². The molecule has 1 aromatic rings. The summed E-state index contributed by atoms with van der Waals surface area (Å²) < 4.78 is 0. The Kier molecular flexibility index (Phi) is 2.50. The highest BCUT2D eigenvalue weighted by Crippen LogP contribution is 2.03. The quantitative estimate of drug-likeness (QED) is 0.557. The number of hydrogen-bond acceptors (Lipinski definition) is 0. The molecule has 0 aliphatic heterocycles. The standard InChI is InChI=1S/C10H15Si/c1-8-6-5-7-10(9(8)2)11(3)4/h5-7H,1-4H3. The number of hydrogen-bond donors (Lipinski definition) is 0. The van der Waals surface area contributed by atoms with Gasteiger partial charge >= 0.3 is 0 Å². The fraction of sp³-hybridized carbons (Fsp3) is 0.400. The zero-order valence-electron chi connectivity index (χ0n) is 7.73. The second kappa shape index (κ2) is 3.22. The lowest BCUT2D eigenvalue weighted by Crippen LogP contribution is -2.25. The lowest BCUT2D eigenvalue weighted by molar-refractivity contribution is 1.36. The Labute approximate surface area is 70.9 Å². The monoisotopic (exact) mass is 163 g/mol. The van der Waals surface area contributed by atoms with Gasteiger partial charge in [0.05, 0.1) is 8.80 Å². The topological polar surface area (TPSA) is 0 Å². The molecule has 0 atom stereocenters. The molecule has 0 aliphatic carbocycles. The Morgan fingerprint density at radius 1 is 1.09 bits per heavy atom. The number of aryl methyl sites for hydroxylation is 1. The Morgan fingerprint density at radius 2 is 1.73 bits per heavy atom. The molecule has 0 heterocycles. The van der Waals surface area contributed by atoms with Gasteiger partial charge in [0.1, 0.15) is 0 Å². The zero-order chi connectivity index (χ0) is 8.43. The zero-order valence-corrected chi connectivity index (χ0v) is 8.73. The molecule has 0 N–H and O–H groups in total. The first-order chi connectivity index (χ1) is 5.13. The van der Waals surface area contributed by atoms with Crippen LogP contribution in [0.25, 0.3) is 0 Å². The van der Waals surface area contributed by atoms with Crippen molar-refractivity contribution >= 4 is 14.0 Å². The summed E-state index contributed by atoms with van der Waals surface area (Å²) >= 11 is 0. The highest BCUT2D eigenvalue weighted by molar-refractivity contribution is 6.71. The summed E-state index contributed by atoms with van der Waals surface area (Å²) in [5.41, 5.74) is 2.92. The molecule has 0 saturated carbocycles. The summed E-state index contributed by atoms with van der Waals surface area (Å²) in [6.07, 6.45) is 0. The van der Waals surface area contributed by atoms with Crippen LogP contribution in [0.15, 0.2) is 18.2 Å². The third kappa shape index (κ3) is 1.72. The predicted molar refractivity (Wildman–Crippen MR) is 53.0 cm³/mol. The molecule has 0 aliphatic rings. The largest absolute Gasteiger partial charge is 0.0795 e. The van der Waals surface area contributed by atoms with Crippen LogP contribution >= 0.6 is 0 Å². The highest BCUT2D eigenvalue weighted by atomic mass is 28.3. The predicted octanol–water partition coefficient (Wildman–Crippen LogP) is 2.26. The van der Waals surface area contributed by atoms with Gasteiger partial charge in [-0.1, -0.05) is 36.5 Å². The summed E-state index contributed by atoms with van der Waals surface area (Å²) in [5, 5.41) is 1.58. The summed E-state index contributed by atoms with van der Waals surface area (Å²) in [6.45, 7) is 9.09. The van der Waals surface area contributed by atoms with E-state index in [1.807, 2.05) is 0 Å². The van der Waals surface area contributed by atoms with Crippen LogP contribution in [0.3, 0.4) is 0 Å². The van der Waals surface area contributed by atoms with Gasteiger partial charge < -0.3 is 0 Å². The third-order valence-electron chi connectivity index (χ3n) is 2.14. The number of rotatable bonds is 1. The molecular weight excluding hydrogens is 148 g/mol. The molecule has 11 heavy (non-hydrogen) atoms. The van der Waals surface area contributed by atoms with Gasteiger partial charge in [-0.25, -0.2) is 0 Å². The van der Waals surface area contributed by atoms with Crippen LogP contribution < -0.4 is 5.19 Å². The normalized spacial score (nSPS) is 10.6. The molecule has 0 unspecified atom stereocenters. The van der Waals surface area contributed by atoms with Crippen LogP contribution in [0.5, 0.6) is 0 Å². The average molecular weight is 163 g/mol. The molecule has 1 aromatic carbocycles. The summed E-state index contributed by atoms with van der Waals surface area (Å²) in [4.78, 5) is 0. The van der Waals surface area contributed by atoms with E-state index in [1.165, 1.54) is 11.1 Å². The van der Waals surface area contributed by atoms with Gasteiger partial charge in [0.25, 0.3) is 0 Å². The Balaban J connectivity index is 3.17. The Hall–Kier alpha value is -0.563. The van der Waals surface area contributed by atoms with Crippen LogP contribution in [0.1, 0.15) is 11.1 Å². The first kappa shape index (κ1) is 8.53. The molecule has 0 saturated heterocycles. The van der Waals surface area contributed by atoms with Crippen LogP contribution in [0.4, 0.5) is 0 Å². The lowest BCUT2D eigenvalue weighted by Gasteiger charge is -2.09. The van der Waals surface area contributed by atoms with Crippen molar-refractivity contribution < 1.29 is 0 Å². The highest BCUT2D eigenvalue weighted by Gasteiger charge is 2.04. The average Bonchev–Trinajstić information content (AvgIpc) is 1.94. The fourth-order valence-electron chi connectivity index (χ4n) is 1.29. The van der Waals surface area contributed by atoms with Crippen molar-refractivity contribution in [3.05, 3.63) is 29.3 Å². The van der Waals surface area contributed by atoms with Crippen molar-refractivity contribution in [2.24, 2.45) is 0 Å². The van der Waals surface area contributed by atoms with E-state index >= 15 is 0 Å². The van der Waals surface area contributed by atoms with E-state index < -0.39 is 0 Å². The molecule has 0 amide bonds. The molecular formula is C10H15Si. The third-order valence-corrected chi connectivity index (χ3v) is 3.76. The molecule has 1 rings (SSSR count). The van der Waals surface area contributed by atoms with Gasteiger partial charge in [-0.3, -0.25) is 0 Å². The maximum Gasteiger partial charge on any atom is 0.0795 e. The van der Waals surface area contributed by atoms with Gasteiger partial charge in [-0.15, -0.1) is 0 Å². The molecule has 0 bridgehead atoms. The lowest BCUT2D eigenvalue weighted by atomic mass is 10.1. The maximum atomic E-state index is 2.34. The van der Waals surface area contributed by atoms with Crippen LogP contribution in [-0.4, -0.2) is 8.80 Å². The first-order valence-electron chi connectivity index (χ1n) is 3.99. The van der Waals surface area contributed by atoms with E-state index in [-0.39, 0.29) is 8.80 Å². The van der Waals surface area contributed by atoms with Crippen LogP contribution in [0.2, 0.25) is 13.1 Å². The molecule has 0 aromatic heterocycles. The first-order valence-corrected chi connectivity index (χ1v) is 6.49. The van der Waals surface area contributed by atoms with Gasteiger partial charge in [0.2, 0.25) is 0 Å². The maximum absolute atomic E-state index is 2.34. The summed E-state index contributed by atoms with van der Waals surface area (Å²) in [6, 6.07) is 6.61. The summed E-state index contributed by atoms with van der Waals surface area (Å²) in [5.74, 6) is 0. The van der Waals surface area contributed by atoms with E-state index in [4.69, 9.17) is 0 Å². The van der Waals surface area contributed by atoms with Crippen molar-refractivity contribution in [3.63, 3.8) is 0 Å². The van der Waals surface area contributed by atoms with Crippen LogP contribution in [-0.2, 0) is 0 Å². The van der Waals surface area contributed by atoms with Gasteiger partial charge in [-0.2, -0.15) is 0 Å². The molecule has 0 spiro atoms. The van der Waals surface area contributed by atoms with Gasteiger partial charge in [0.15, 0.2) is 0 Å². The molecule has 59 valence electrons. The second-order valence-corrected chi connectivity index (χ2v) is 5.79. The molecule has 0 fully saturated rings. The minimum Gasteiger partial charge on any atom is -0.0671 e. The van der Waals surface area contributed by atoms with E-state index in [2.05, 4.69) is 45.1 Å².